The predicted octanol–water partition coefficient (Wildman–Crippen LogP) is 2.93. The molecule has 2 aromatic rings. The zero-order chi connectivity index (χ0) is 10.1. The van der Waals surface area contributed by atoms with Gasteiger partial charge in [0.1, 0.15) is 6.07 Å². The fourth-order valence-corrected chi connectivity index (χ4v) is 1.57. The Morgan fingerprint density at radius 2 is 2.00 bits per heavy atom. The number of nitriles is 1. The lowest BCUT2D eigenvalue weighted by atomic mass is 10.0. The van der Waals surface area contributed by atoms with Crippen molar-refractivity contribution in [2.45, 2.75) is 19.8 Å². The highest BCUT2D eigenvalue weighted by Gasteiger charge is 2.04. The smallest absolute Gasteiger partial charge is 0.101 e. The van der Waals surface area contributed by atoms with Gasteiger partial charge >= 0.3 is 0 Å². The summed E-state index contributed by atoms with van der Waals surface area (Å²) in [6, 6.07) is 8.22. The predicted molar refractivity (Wildman–Crippen MR) is 56.2 cm³/mol. The molecule has 0 aliphatic heterocycles. The van der Waals surface area contributed by atoms with Crippen LogP contribution in [0.1, 0.15) is 30.9 Å². The molecule has 2 rings (SSSR count). The first-order valence-corrected chi connectivity index (χ1v) is 4.73. The summed E-state index contributed by atoms with van der Waals surface area (Å²) in [7, 11) is 0. The lowest BCUT2D eigenvalue weighted by molar-refractivity contribution is 0.863. The number of fused-ring (bicyclic) bond motifs is 1. The number of pyridine rings is 1. The van der Waals surface area contributed by atoms with Gasteiger partial charge in [-0.3, -0.25) is 0 Å². The first-order chi connectivity index (χ1) is 6.72. The van der Waals surface area contributed by atoms with Crippen LogP contribution in [0.4, 0.5) is 0 Å². The normalized spacial score (nSPS) is 10.7. The molecule has 0 bridgehead atoms. The molecular weight excluding hydrogens is 172 g/mol. The van der Waals surface area contributed by atoms with Crippen LogP contribution in [0.3, 0.4) is 0 Å². The third-order valence-electron chi connectivity index (χ3n) is 2.47. The van der Waals surface area contributed by atoms with Gasteiger partial charge in [-0.2, -0.15) is 5.26 Å². The Hall–Kier alpha value is -1.75. The van der Waals surface area contributed by atoms with Crippen molar-refractivity contribution >= 4 is 5.52 Å². The number of hydrogen-bond donors (Lipinski definition) is 0. The van der Waals surface area contributed by atoms with E-state index in [1.165, 1.54) is 5.56 Å². The zero-order valence-electron chi connectivity index (χ0n) is 8.36. The number of rotatable bonds is 1. The van der Waals surface area contributed by atoms with Gasteiger partial charge in [0.15, 0.2) is 0 Å². The molecule has 2 heterocycles. The summed E-state index contributed by atoms with van der Waals surface area (Å²) in [5.74, 6) is 0.501. The molecule has 0 unspecified atom stereocenters. The SMILES string of the molecule is CC(C)c1ccn2ccc(C#N)c2c1. The monoisotopic (exact) mass is 184 g/mol. The lowest BCUT2D eigenvalue weighted by Crippen LogP contribution is -1.90. The Kier molecular flexibility index (Phi) is 2.01. The minimum atomic E-state index is 0.501. The summed E-state index contributed by atoms with van der Waals surface area (Å²) in [6.07, 6.45) is 3.92. The van der Waals surface area contributed by atoms with Crippen LogP contribution < -0.4 is 0 Å². The lowest BCUT2D eigenvalue weighted by Gasteiger charge is -2.05. The zero-order valence-corrected chi connectivity index (χ0v) is 8.36. The van der Waals surface area contributed by atoms with Crippen LogP contribution >= 0.6 is 0 Å². The van der Waals surface area contributed by atoms with E-state index >= 15 is 0 Å². The highest BCUT2D eigenvalue weighted by Crippen LogP contribution is 2.19. The molecule has 0 aromatic carbocycles. The van der Waals surface area contributed by atoms with Crippen LogP contribution in [-0.4, -0.2) is 4.40 Å². The van der Waals surface area contributed by atoms with E-state index in [0.717, 1.165) is 11.1 Å². The summed E-state index contributed by atoms with van der Waals surface area (Å²) in [5.41, 5.74) is 3.01. The van der Waals surface area contributed by atoms with Gasteiger partial charge in [0.2, 0.25) is 0 Å². The molecule has 0 spiro atoms. The molecule has 2 aromatic heterocycles. The average molecular weight is 184 g/mol. The van der Waals surface area contributed by atoms with Gasteiger partial charge in [0, 0.05) is 12.4 Å². The Balaban J connectivity index is 2.69. The second kappa shape index (κ2) is 3.19. The first-order valence-electron chi connectivity index (χ1n) is 4.73. The molecule has 70 valence electrons. The molecule has 0 aliphatic rings. The van der Waals surface area contributed by atoms with Crippen LogP contribution in [0.2, 0.25) is 0 Å². The van der Waals surface area contributed by atoms with Gasteiger partial charge in [0.25, 0.3) is 0 Å². The standard InChI is InChI=1S/C12H12N2/c1-9(2)10-3-5-14-6-4-11(8-13)12(14)7-10/h3-7,9H,1-2H3. The molecule has 0 saturated carbocycles. The van der Waals surface area contributed by atoms with Gasteiger partial charge < -0.3 is 4.40 Å². The first kappa shape index (κ1) is 8.83. The van der Waals surface area contributed by atoms with Gasteiger partial charge in [-0.25, -0.2) is 0 Å². The minimum Gasteiger partial charge on any atom is -0.323 e. The molecule has 0 atom stereocenters. The molecule has 2 heteroatoms. The summed E-state index contributed by atoms with van der Waals surface area (Å²) in [5, 5.41) is 8.89. The van der Waals surface area contributed by atoms with Crippen molar-refractivity contribution in [1.29, 1.82) is 5.26 Å². The molecule has 0 N–H and O–H groups in total. The van der Waals surface area contributed by atoms with Crippen molar-refractivity contribution in [2.75, 3.05) is 0 Å². The van der Waals surface area contributed by atoms with E-state index in [9.17, 15) is 0 Å². The van der Waals surface area contributed by atoms with Crippen LogP contribution in [0.5, 0.6) is 0 Å². The van der Waals surface area contributed by atoms with E-state index in [-0.39, 0.29) is 0 Å². The van der Waals surface area contributed by atoms with E-state index in [1.54, 1.807) is 0 Å². The van der Waals surface area contributed by atoms with E-state index < -0.39 is 0 Å². The van der Waals surface area contributed by atoms with Crippen LogP contribution in [0.25, 0.3) is 5.52 Å². The summed E-state index contributed by atoms with van der Waals surface area (Å²) < 4.78 is 1.98. The number of nitrogens with zero attached hydrogens (tertiary/aromatic N) is 2. The maximum atomic E-state index is 8.89. The molecule has 0 fully saturated rings. The van der Waals surface area contributed by atoms with E-state index in [1.807, 2.05) is 22.9 Å². The topological polar surface area (TPSA) is 28.2 Å². The summed E-state index contributed by atoms with van der Waals surface area (Å²) in [6.45, 7) is 4.31. The van der Waals surface area contributed by atoms with Crippen LogP contribution in [0, 0.1) is 11.3 Å². The Bertz CT molecular complexity index is 501. The molecule has 0 aliphatic carbocycles. The van der Waals surface area contributed by atoms with Crippen molar-refractivity contribution in [2.24, 2.45) is 0 Å². The molecule has 0 saturated heterocycles. The van der Waals surface area contributed by atoms with Gasteiger partial charge in [-0.15, -0.1) is 0 Å². The van der Waals surface area contributed by atoms with Gasteiger partial charge in [-0.1, -0.05) is 13.8 Å². The molecule has 14 heavy (non-hydrogen) atoms. The molecular formula is C12H12N2. The fourth-order valence-electron chi connectivity index (χ4n) is 1.57. The highest BCUT2D eigenvalue weighted by molar-refractivity contribution is 5.62. The second-order valence-electron chi connectivity index (χ2n) is 3.75. The third kappa shape index (κ3) is 1.27. The van der Waals surface area contributed by atoms with Crippen molar-refractivity contribution in [3.8, 4) is 6.07 Å². The fraction of sp³-hybridized carbons (Fsp3) is 0.250. The van der Waals surface area contributed by atoms with Crippen molar-refractivity contribution < 1.29 is 0 Å². The molecule has 2 nitrogen and oxygen atoms in total. The largest absolute Gasteiger partial charge is 0.323 e. The second-order valence-corrected chi connectivity index (χ2v) is 3.75. The Labute approximate surface area is 83.4 Å². The summed E-state index contributed by atoms with van der Waals surface area (Å²) >= 11 is 0. The van der Waals surface area contributed by atoms with E-state index in [0.29, 0.717) is 5.92 Å². The van der Waals surface area contributed by atoms with Crippen molar-refractivity contribution in [3.05, 3.63) is 41.7 Å². The maximum absolute atomic E-state index is 8.89. The van der Waals surface area contributed by atoms with Gasteiger partial charge in [-0.05, 0) is 29.7 Å². The summed E-state index contributed by atoms with van der Waals surface area (Å²) in [4.78, 5) is 0. The van der Waals surface area contributed by atoms with Crippen molar-refractivity contribution in [3.63, 3.8) is 0 Å². The van der Waals surface area contributed by atoms with Crippen molar-refractivity contribution in [1.82, 2.24) is 4.40 Å². The quantitative estimate of drug-likeness (QED) is 0.669. The Morgan fingerprint density at radius 1 is 1.29 bits per heavy atom. The third-order valence-corrected chi connectivity index (χ3v) is 2.47. The number of hydrogen-bond acceptors (Lipinski definition) is 1. The maximum Gasteiger partial charge on any atom is 0.101 e. The number of aromatic nitrogens is 1. The molecule has 0 amide bonds. The molecule has 0 radical (unpaired) electrons. The average Bonchev–Trinajstić information content (AvgIpc) is 2.59. The van der Waals surface area contributed by atoms with E-state index in [2.05, 4.69) is 32.0 Å². The minimum absolute atomic E-state index is 0.501. The van der Waals surface area contributed by atoms with E-state index in [4.69, 9.17) is 5.26 Å². The highest BCUT2D eigenvalue weighted by atomic mass is 14.8. The van der Waals surface area contributed by atoms with Crippen LogP contribution in [-0.2, 0) is 0 Å². The Morgan fingerprint density at radius 3 is 2.64 bits per heavy atom. The van der Waals surface area contributed by atoms with Crippen LogP contribution in [0.15, 0.2) is 30.6 Å². The van der Waals surface area contributed by atoms with Gasteiger partial charge in [0.05, 0.1) is 11.1 Å².